The van der Waals surface area contributed by atoms with Crippen LogP contribution in [0.2, 0.25) is 5.02 Å². The van der Waals surface area contributed by atoms with Crippen LogP contribution in [0.1, 0.15) is 23.7 Å². The Bertz CT molecular complexity index is 1430. The maximum Gasteiger partial charge on any atom is 0.338 e. The van der Waals surface area contributed by atoms with Gasteiger partial charge in [-0.25, -0.2) is 23.5 Å². The summed E-state index contributed by atoms with van der Waals surface area (Å²) in [5, 5.41) is 3.95. The predicted molar refractivity (Wildman–Crippen MR) is 116 cm³/mol. The lowest BCUT2D eigenvalue weighted by Gasteiger charge is -2.19. The second kappa shape index (κ2) is 7.64. The van der Waals surface area contributed by atoms with Gasteiger partial charge in [0.15, 0.2) is 4.77 Å². The molecule has 3 heterocycles. The van der Waals surface area contributed by atoms with Crippen LogP contribution in [0.15, 0.2) is 45.6 Å². The quantitative estimate of drug-likeness (QED) is 0.532. The van der Waals surface area contributed by atoms with Crippen LogP contribution in [-0.4, -0.2) is 40.5 Å². The third-order valence-electron chi connectivity index (χ3n) is 5.17. The Hall–Kier alpha value is -3.38. The molecule has 2 aromatic heterocycles. The standard InChI is InChI=1S/C19H16ClFN6O4S/c1-19(15(28)26-5-4-22-9-26)8-13(23-31-19)10-6-14(12(21)7-11(10)20)27-16(29)24(2)18(32)25(3)17(27)30/h4-7,9H,8H2,1-3H3. The molecular formula is C19H16ClFN6O4S. The smallest absolute Gasteiger partial charge is 0.338 e. The summed E-state index contributed by atoms with van der Waals surface area (Å²) in [5.74, 6) is -1.31. The number of aromatic nitrogens is 5. The van der Waals surface area contributed by atoms with E-state index in [9.17, 15) is 18.8 Å². The number of hydrogen-bond donors (Lipinski definition) is 0. The van der Waals surface area contributed by atoms with Crippen LogP contribution in [-0.2, 0) is 18.9 Å². The molecule has 0 fully saturated rings. The zero-order valence-electron chi connectivity index (χ0n) is 17.1. The summed E-state index contributed by atoms with van der Waals surface area (Å²) in [4.78, 5) is 47.4. The number of hydrogen-bond acceptors (Lipinski definition) is 7. The van der Waals surface area contributed by atoms with Gasteiger partial charge in [-0.05, 0) is 31.3 Å². The molecule has 0 aliphatic carbocycles. The first kappa shape index (κ1) is 21.8. The van der Waals surface area contributed by atoms with E-state index in [-0.39, 0.29) is 33.2 Å². The normalized spacial score (nSPS) is 17.8. The van der Waals surface area contributed by atoms with E-state index >= 15 is 0 Å². The van der Waals surface area contributed by atoms with Crippen LogP contribution in [0, 0.1) is 10.6 Å². The number of carbonyl (C=O) groups is 1. The zero-order valence-corrected chi connectivity index (χ0v) is 18.6. The maximum absolute atomic E-state index is 14.8. The van der Waals surface area contributed by atoms with E-state index in [1.54, 1.807) is 6.92 Å². The van der Waals surface area contributed by atoms with E-state index in [0.717, 1.165) is 15.2 Å². The Morgan fingerprint density at radius 2 is 1.91 bits per heavy atom. The molecule has 3 aromatic rings. The minimum Gasteiger partial charge on any atom is -0.379 e. The average molecular weight is 479 g/mol. The van der Waals surface area contributed by atoms with Gasteiger partial charge in [-0.2, -0.15) is 0 Å². The van der Waals surface area contributed by atoms with Crippen molar-refractivity contribution in [1.29, 1.82) is 0 Å². The summed E-state index contributed by atoms with van der Waals surface area (Å²) in [6.45, 7) is 1.55. The molecule has 0 saturated heterocycles. The monoisotopic (exact) mass is 478 g/mol. The predicted octanol–water partition coefficient (Wildman–Crippen LogP) is 1.82. The van der Waals surface area contributed by atoms with Crippen molar-refractivity contribution in [2.75, 3.05) is 0 Å². The van der Waals surface area contributed by atoms with E-state index in [2.05, 4.69) is 10.1 Å². The molecule has 166 valence electrons. The van der Waals surface area contributed by atoms with Crippen LogP contribution in [0.3, 0.4) is 0 Å². The van der Waals surface area contributed by atoms with Crippen molar-refractivity contribution in [3.8, 4) is 5.69 Å². The van der Waals surface area contributed by atoms with Crippen molar-refractivity contribution in [3.05, 3.63) is 73.0 Å². The first-order valence-corrected chi connectivity index (χ1v) is 10.0. The van der Waals surface area contributed by atoms with Crippen LogP contribution in [0.5, 0.6) is 0 Å². The van der Waals surface area contributed by atoms with Gasteiger partial charge in [0.1, 0.15) is 12.1 Å². The van der Waals surface area contributed by atoms with E-state index in [1.807, 2.05) is 0 Å². The maximum atomic E-state index is 14.8. The lowest BCUT2D eigenvalue weighted by Crippen LogP contribution is -2.44. The summed E-state index contributed by atoms with van der Waals surface area (Å²) in [5.41, 5.74) is -2.87. The van der Waals surface area contributed by atoms with Gasteiger partial charge in [0.05, 0.1) is 16.4 Å². The highest BCUT2D eigenvalue weighted by Crippen LogP contribution is 2.32. The molecule has 0 N–H and O–H groups in total. The topological polar surface area (TPSA) is 105 Å². The first-order chi connectivity index (χ1) is 15.0. The molecule has 0 saturated carbocycles. The van der Waals surface area contributed by atoms with Gasteiger partial charge >= 0.3 is 11.4 Å². The minimum atomic E-state index is -1.35. The van der Waals surface area contributed by atoms with Crippen molar-refractivity contribution < 1.29 is 14.0 Å². The van der Waals surface area contributed by atoms with E-state index in [4.69, 9.17) is 28.7 Å². The number of rotatable bonds is 3. The first-order valence-electron chi connectivity index (χ1n) is 9.22. The van der Waals surface area contributed by atoms with Gasteiger partial charge in [-0.1, -0.05) is 16.8 Å². The van der Waals surface area contributed by atoms with Gasteiger partial charge in [0, 0.05) is 38.5 Å². The number of imidazole rings is 1. The molecule has 1 aliphatic heterocycles. The molecule has 0 spiro atoms. The molecule has 1 atom stereocenters. The minimum absolute atomic E-state index is 0.0145. The number of oxime groups is 1. The van der Waals surface area contributed by atoms with Crippen LogP contribution in [0.25, 0.3) is 5.69 Å². The number of carbonyl (C=O) groups excluding carboxylic acids is 1. The second-order valence-corrected chi connectivity index (χ2v) is 8.17. The Balaban J connectivity index is 1.81. The van der Waals surface area contributed by atoms with E-state index < -0.39 is 28.7 Å². The van der Waals surface area contributed by atoms with Gasteiger partial charge in [-0.3, -0.25) is 18.5 Å². The van der Waals surface area contributed by atoms with Gasteiger partial charge in [-0.15, -0.1) is 0 Å². The summed E-state index contributed by atoms with van der Waals surface area (Å²) in [6.07, 6.45) is 4.28. The van der Waals surface area contributed by atoms with Crippen LogP contribution < -0.4 is 11.4 Å². The summed E-state index contributed by atoms with van der Waals surface area (Å²) in [6, 6.07) is 2.19. The Kier molecular flexibility index (Phi) is 5.21. The molecule has 13 heteroatoms. The van der Waals surface area contributed by atoms with Crippen molar-refractivity contribution in [2.24, 2.45) is 19.3 Å². The summed E-state index contributed by atoms with van der Waals surface area (Å²) >= 11 is 11.3. The fraction of sp³-hybridized carbons (Fsp3) is 0.263. The molecule has 10 nitrogen and oxygen atoms in total. The van der Waals surface area contributed by atoms with Crippen molar-refractivity contribution in [2.45, 2.75) is 18.9 Å². The third kappa shape index (κ3) is 3.31. The second-order valence-electron chi connectivity index (χ2n) is 7.40. The summed E-state index contributed by atoms with van der Waals surface area (Å²) in [7, 11) is 2.74. The zero-order chi connectivity index (χ0) is 23.4. The van der Waals surface area contributed by atoms with Crippen LogP contribution in [0.4, 0.5) is 4.39 Å². The SMILES string of the molecule is Cn1c(=S)n(C)c(=O)n(-c2cc(C3=NOC(C)(C(=O)n4ccnc4)C3)c(Cl)cc2F)c1=O. The summed E-state index contributed by atoms with van der Waals surface area (Å²) < 4.78 is 18.8. The molecule has 1 unspecified atom stereocenters. The third-order valence-corrected chi connectivity index (χ3v) is 6.03. The highest BCUT2D eigenvalue weighted by atomic mass is 35.5. The molecule has 0 radical (unpaired) electrons. The van der Waals surface area contributed by atoms with Gasteiger partial charge in [0.2, 0.25) is 5.60 Å². The number of halogens is 2. The molecule has 32 heavy (non-hydrogen) atoms. The Morgan fingerprint density at radius 1 is 1.25 bits per heavy atom. The van der Waals surface area contributed by atoms with Crippen molar-refractivity contribution >= 4 is 35.4 Å². The van der Waals surface area contributed by atoms with Crippen LogP contribution >= 0.6 is 23.8 Å². The fourth-order valence-electron chi connectivity index (χ4n) is 3.36. The molecule has 4 rings (SSSR count). The average Bonchev–Trinajstić information content (AvgIpc) is 3.43. The number of benzene rings is 1. The lowest BCUT2D eigenvalue weighted by atomic mass is 9.94. The van der Waals surface area contributed by atoms with Gasteiger partial charge < -0.3 is 4.84 Å². The highest BCUT2D eigenvalue weighted by molar-refractivity contribution is 7.71. The van der Waals surface area contributed by atoms with Crippen molar-refractivity contribution in [3.63, 3.8) is 0 Å². The Morgan fingerprint density at radius 3 is 2.50 bits per heavy atom. The molecule has 1 aliphatic rings. The highest BCUT2D eigenvalue weighted by Gasteiger charge is 2.43. The van der Waals surface area contributed by atoms with Gasteiger partial charge in [0.25, 0.3) is 5.91 Å². The molecular weight excluding hydrogens is 463 g/mol. The molecule has 0 amide bonds. The Labute approximate surface area is 189 Å². The van der Waals surface area contributed by atoms with Crippen molar-refractivity contribution in [1.82, 2.24) is 23.3 Å². The number of nitrogens with zero attached hydrogens (tertiary/aromatic N) is 6. The van der Waals surface area contributed by atoms with E-state index in [0.29, 0.717) is 4.57 Å². The lowest BCUT2D eigenvalue weighted by molar-refractivity contribution is -0.00129. The van der Waals surface area contributed by atoms with E-state index in [1.165, 1.54) is 43.4 Å². The fourth-order valence-corrected chi connectivity index (χ4v) is 3.77. The molecule has 1 aromatic carbocycles. The molecule has 0 bridgehead atoms. The largest absolute Gasteiger partial charge is 0.379 e.